The fourth-order valence-electron chi connectivity index (χ4n) is 1.61. The summed E-state index contributed by atoms with van der Waals surface area (Å²) in [6, 6.07) is -0.402. The van der Waals surface area contributed by atoms with Gasteiger partial charge in [0.1, 0.15) is 6.54 Å². The maximum atomic E-state index is 11.7. The predicted octanol–water partition coefficient (Wildman–Crippen LogP) is 0.135. The summed E-state index contributed by atoms with van der Waals surface area (Å²) in [5.41, 5.74) is 0. The van der Waals surface area contributed by atoms with Crippen molar-refractivity contribution in [3.8, 4) is 0 Å². The van der Waals surface area contributed by atoms with Crippen molar-refractivity contribution >= 4 is 29.5 Å². The maximum Gasteiger partial charge on any atom is 0.305 e. The molecule has 0 bridgehead atoms. The highest BCUT2D eigenvalue weighted by atomic mass is 32.2. The Kier molecular flexibility index (Phi) is 5.46. The summed E-state index contributed by atoms with van der Waals surface area (Å²) in [6.45, 7) is 3.71. The van der Waals surface area contributed by atoms with Crippen LogP contribution in [-0.4, -0.2) is 52.0 Å². The molecule has 0 radical (unpaired) electrons. The molecule has 102 valence electrons. The lowest BCUT2D eigenvalue weighted by Gasteiger charge is -2.22. The molecule has 1 fully saturated rings. The van der Waals surface area contributed by atoms with Crippen molar-refractivity contribution in [3.63, 3.8) is 0 Å². The first kappa shape index (κ1) is 14.8. The highest BCUT2D eigenvalue weighted by molar-refractivity contribution is 8.00. The van der Waals surface area contributed by atoms with Crippen LogP contribution in [0.1, 0.15) is 20.3 Å². The van der Waals surface area contributed by atoms with E-state index in [4.69, 9.17) is 5.11 Å². The standard InChI is InChI=1S/C11H18N2O4S/c1-7(2)8(3-11(16)17)12-9(14)4-13-6-18-5-10(13)15/h7-8H,3-6H2,1-2H3,(H,12,14)(H,16,17). The molecule has 0 aromatic carbocycles. The molecular weight excluding hydrogens is 256 g/mol. The van der Waals surface area contributed by atoms with Crippen molar-refractivity contribution in [2.45, 2.75) is 26.3 Å². The molecule has 0 aromatic rings. The molecule has 1 saturated heterocycles. The Hall–Kier alpha value is -1.24. The van der Waals surface area contributed by atoms with Gasteiger partial charge in [-0.1, -0.05) is 13.8 Å². The fourth-order valence-corrected chi connectivity index (χ4v) is 2.51. The molecule has 6 nitrogen and oxygen atoms in total. The largest absolute Gasteiger partial charge is 0.481 e. The monoisotopic (exact) mass is 274 g/mol. The normalized spacial score (nSPS) is 17.1. The molecule has 1 atom stereocenters. The van der Waals surface area contributed by atoms with Crippen molar-refractivity contribution < 1.29 is 19.5 Å². The molecule has 0 aromatic heterocycles. The highest BCUT2D eigenvalue weighted by Crippen LogP contribution is 2.14. The van der Waals surface area contributed by atoms with Gasteiger partial charge >= 0.3 is 5.97 Å². The fraction of sp³-hybridized carbons (Fsp3) is 0.727. The third-order valence-corrected chi connectivity index (χ3v) is 3.65. The Morgan fingerprint density at radius 2 is 2.17 bits per heavy atom. The van der Waals surface area contributed by atoms with Gasteiger partial charge in [0.25, 0.3) is 0 Å². The summed E-state index contributed by atoms with van der Waals surface area (Å²) in [5, 5.41) is 11.4. The van der Waals surface area contributed by atoms with E-state index in [0.29, 0.717) is 11.6 Å². The van der Waals surface area contributed by atoms with E-state index in [2.05, 4.69) is 5.32 Å². The Labute approximate surface area is 110 Å². The van der Waals surface area contributed by atoms with E-state index in [1.54, 1.807) is 0 Å². The molecule has 0 aliphatic carbocycles. The van der Waals surface area contributed by atoms with Gasteiger partial charge in [-0.3, -0.25) is 14.4 Å². The lowest BCUT2D eigenvalue weighted by atomic mass is 10.0. The number of hydrogen-bond acceptors (Lipinski definition) is 4. The van der Waals surface area contributed by atoms with Crippen LogP contribution in [0.4, 0.5) is 0 Å². The van der Waals surface area contributed by atoms with Crippen molar-refractivity contribution in [2.24, 2.45) is 5.92 Å². The second-order valence-corrected chi connectivity index (χ2v) is 5.54. The first-order valence-corrected chi connectivity index (χ1v) is 6.92. The van der Waals surface area contributed by atoms with Crippen LogP contribution >= 0.6 is 11.8 Å². The molecular formula is C11H18N2O4S. The number of amides is 2. The van der Waals surface area contributed by atoms with Crippen LogP contribution in [-0.2, 0) is 14.4 Å². The molecule has 0 spiro atoms. The number of rotatable bonds is 6. The Morgan fingerprint density at radius 1 is 1.50 bits per heavy atom. The van der Waals surface area contributed by atoms with Crippen molar-refractivity contribution in [1.29, 1.82) is 0 Å². The van der Waals surface area contributed by atoms with Gasteiger partial charge in [-0.2, -0.15) is 0 Å². The Balaban J connectivity index is 2.45. The summed E-state index contributed by atoms with van der Waals surface area (Å²) in [5.74, 6) is -0.316. The van der Waals surface area contributed by atoms with Crippen molar-refractivity contribution in [1.82, 2.24) is 10.2 Å². The number of carbonyl (C=O) groups is 3. The molecule has 2 amide bonds. The van der Waals surface area contributed by atoms with Crippen LogP contribution in [0.5, 0.6) is 0 Å². The zero-order valence-electron chi connectivity index (χ0n) is 10.5. The lowest BCUT2D eigenvalue weighted by Crippen LogP contribution is -2.45. The average Bonchev–Trinajstić information content (AvgIpc) is 2.62. The maximum absolute atomic E-state index is 11.7. The van der Waals surface area contributed by atoms with Gasteiger partial charge in [0.2, 0.25) is 11.8 Å². The second-order valence-electron chi connectivity index (χ2n) is 4.59. The number of carboxylic acids is 1. The molecule has 1 unspecified atom stereocenters. The van der Waals surface area contributed by atoms with E-state index >= 15 is 0 Å². The zero-order chi connectivity index (χ0) is 13.7. The van der Waals surface area contributed by atoms with Crippen LogP contribution in [0, 0.1) is 5.92 Å². The Morgan fingerprint density at radius 3 is 2.61 bits per heavy atom. The molecule has 0 saturated carbocycles. The zero-order valence-corrected chi connectivity index (χ0v) is 11.3. The number of hydrogen-bond donors (Lipinski definition) is 2. The summed E-state index contributed by atoms with van der Waals surface area (Å²) in [6.07, 6.45) is -0.105. The minimum atomic E-state index is -0.943. The minimum absolute atomic E-state index is 0.00860. The van der Waals surface area contributed by atoms with Crippen LogP contribution in [0.3, 0.4) is 0 Å². The smallest absolute Gasteiger partial charge is 0.305 e. The summed E-state index contributed by atoms with van der Waals surface area (Å²) in [4.78, 5) is 35.2. The van der Waals surface area contributed by atoms with E-state index in [1.165, 1.54) is 16.7 Å². The first-order valence-electron chi connectivity index (χ1n) is 5.77. The molecule has 7 heteroatoms. The lowest BCUT2D eigenvalue weighted by molar-refractivity contribution is -0.138. The third-order valence-electron chi connectivity index (χ3n) is 2.71. The second kappa shape index (κ2) is 6.63. The van der Waals surface area contributed by atoms with Crippen molar-refractivity contribution in [2.75, 3.05) is 18.2 Å². The molecule has 1 aliphatic heterocycles. The molecule has 2 N–H and O–H groups in total. The van der Waals surface area contributed by atoms with Gasteiger partial charge < -0.3 is 15.3 Å². The highest BCUT2D eigenvalue weighted by Gasteiger charge is 2.25. The SMILES string of the molecule is CC(C)C(CC(=O)O)NC(=O)CN1CSCC1=O. The summed E-state index contributed by atoms with van der Waals surface area (Å²) < 4.78 is 0. The quantitative estimate of drug-likeness (QED) is 0.719. The summed E-state index contributed by atoms with van der Waals surface area (Å²) >= 11 is 1.47. The topological polar surface area (TPSA) is 86.7 Å². The molecule has 1 aliphatic rings. The van der Waals surface area contributed by atoms with Crippen LogP contribution in [0.15, 0.2) is 0 Å². The van der Waals surface area contributed by atoms with Gasteiger partial charge in [0.15, 0.2) is 0 Å². The minimum Gasteiger partial charge on any atom is -0.481 e. The van der Waals surface area contributed by atoms with E-state index in [9.17, 15) is 14.4 Å². The van der Waals surface area contributed by atoms with E-state index in [-0.39, 0.29) is 30.7 Å². The van der Waals surface area contributed by atoms with Crippen LogP contribution < -0.4 is 5.32 Å². The van der Waals surface area contributed by atoms with E-state index < -0.39 is 12.0 Å². The van der Waals surface area contributed by atoms with E-state index in [0.717, 1.165) is 0 Å². The molecule has 1 rings (SSSR count). The van der Waals surface area contributed by atoms with Crippen molar-refractivity contribution in [3.05, 3.63) is 0 Å². The van der Waals surface area contributed by atoms with Gasteiger partial charge in [0.05, 0.1) is 18.1 Å². The number of aliphatic carboxylic acids is 1. The third kappa shape index (κ3) is 4.56. The van der Waals surface area contributed by atoms with E-state index in [1.807, 2.05) is 13.8 Å². The number of nitrogens with zero attached hydrogens (tertiary/aromatic N) is 1. The molecule has 1 heterocycles. The summed E-state index contributed by atoms with van der Waals surface area (Å²) in [7, 11) is 0. The number of carboxylic acid groups (broad SMARTS) is 1. The number of thioether (sulfide) groups is 1. The van der Waals surface area contributed by atoms with Gasteiger partial charge in [-0.15, -0.1) is 11.8 Å². The van der Waals surface area contributed by atoms with Crippen LogP contribution in [0.25, 0.3) is 0 Å². The van der Waals surface area contributed by atoms with Gasteiger partial charge in [0, 0.05) is 6.04 Å². The van der Waals surface area contributed by atoms with Gasteiger partial charge in [-0.25, -0.2) is 0 Å². The predicted molar refractivity (Wildman–Crippen MR) is 68.1 cm³/mol. The van der Waals surface area contributed by atoms with Crippen LogP contribution in [0.2, 0.25) is 0 Å². The molecule has 18 heavy (non-hydrogen) atoms. The first-order chi connectivity index (χ1) is 8.40. The average molecular weight is 274 g/mol. The van der Waals surface area contributed by atoms with Gasteiger partial charge in [-0.05, 0) is 5.92 Å². The Bertz CT molecular complexity index is 346. The number of nitrogens with one attached hydrogen (secondary N) is 1. The number of carbonyl (C=O) groups excluding carboxylic acids is 2.